The third-order valence-corrected chi connectivity index (χ3v) is 5.80. The topological polar surface area (TPSA) is 167 Å². The summed E-state index contributed by atoms with van der Waals surface area (Å²) in [5, 5.41) is 11.2. The lowest BCUT2D eigenvalue weighted by Crippen LogP contribution is -2.27. The van der Waals surface area contributed by atoms with Gasteiger partial charge >= 0.3 is 11.9 Å². The molecule has 19 heteroatoms. The van der Waals surface area contributed by atoms with Crippen molar-refractivity contribution in [3.05, 3.63) is 29.1 Å². The maximum absolute atomic E-state index is 13.5. The van der Waals surface area contributed by atoms with E-state index in [1.807, 2.05) is 0 Å². The lowest BCUT2D eigenvalue weighted by Gasteiger charge is -2.09. The van der Waals surface area contributed by atoms with E-state index in [1.165, 1.54) is 0 Å². The molecule has 0 heterocycles. The Morgan fingerprint density at radius 2 is 0.816 bits per heavy atom. The molecule has 0 unspecified atom stereocenters. The zero-order valence-electron chi connectivity index (χ0n) is 27.1. The van der Waals surface area contributed by atoms with Crippen LogP contribution in [0.1, 0.15) is 25.7 Å². The molecule has 0 spiro atoms. The third kappa shape index (κ3) is 22.3. The van der Waals surface area contributed by atoms with Crippen LogP contribution in [-0.4, -0.2) is 135 Å². The van der Waals surface area contributed by atoms with Gasteiger partial charge in [0.05, 0.1) is 112 Å². The normalized spacial score (nSPS) is 11.2. The van der Waals surface area contributed by atoms with Gasteiger partial charge in [-0.3, -0.25) is 14.4 Å². The summed E-state index contributed by atoms with van der Waals surface area (Å²) in [7, 11) is 0. The molecule has 0 aromatic heterocycles. The van der Waals surface area contributed by atoms with Gasteiger partial charge in [-0.1, -0.05) is 0 Å². The van der Waals surface area contributed by atoms with Crippen molar-refractivity contribution < 1.29 is 84.1 Å². The van der Waals surface area contributed by atoms with Crippen LogP contribution in [0.4, 0.5) is 22.0 Å². The summed E-state index contributed by atoms with van der Waals surface area (Å²) in [5.74, 6) is -15.3. The molecule has 1 rings (SSSR count). The monoisotopic (exact) mass is 721 g/mol. The van der Waals surface area contributed by atoms with Crippen LogP contribution in [0.15, 0.2) is 0 Å². The van der Waals surface area contributed by atoms with Crippen molar-refractivity contribution in [1.82, 2.24) is 5.32 Å². The number of carboxylic acid groups (broad SMARTS) is 1. The first kappa shape index (κ1) is 44.0. The Morgan fingerprint density at radius 1 is 0.469 bits per heavy atom. The molecule has 0 bridgehead atoms. The Hall–Kier alpha value is -3.04. The average molecular weight is 722 g/mol. The average Bonchev–Trinajstić information content (AvgIpc) is 3.07. The molecule has 14 nitrogen and oxygen atoms in total. The van der Waals surface area contributed by atoms with E-state index < -0.39 is 53.2 Å². The maximum Gasteiger partial charge on any atom is 0.313 e. The summed E-state index contributed by atoms with van der Waals surface area (Å²) in [5.41, 5.74) is 0. The van der Waals surface area contributed by atoms with Crippen LogP contribution in [-0.2, 0) is 52.3 Å². The molecule has 0 saturated heterocycles. The molecule has 1 aromatic rings. The summed E-state index contributed by atoms with van der Waals surface area (Å²) in [6.07, 6.45) is -0.0583. The summed E-state index contributed by atoms with van der Waals surface area (Å²) in [6.45, 7) is 5.03. The Kier molecular flexibility index (Phi) is 25.8. The second-order valence-corrected chi connectivity index (χ2v) is 9.62. The Labute approximate surface area is 280 Å². The minimum atomic E-state index is -2.36. The van der Waals surface area contributed by atoms with Crippen molar-refractivity contribution in [2.45, 2.75) is 25.7 Å². The van der Waals surface area contributed by atoms with Crippen molar-refractivity contribution in [2.24, 2.45) is 0 Å². The number of carbonyl (C=O) groups is 3. The number of hydrogen-bond acceptors (Lipinski definition) is 12. The fraction of sp³-hybridized carbons (Fsp3) is 0.700. The van der Waals surface area contributed by atoms with E-state index >= 15 is 0 Å². The number of amides is 1. The number of benzene rings is 1. The molecule has 0 saturated carbocycles. The Morgan fingerprint density at radius 3 is 1.20 bits per heavy atom. The zero-order valence-corrected chi connectivity index (χ0v) is 27.1. The predicted octanol–water partition coefficient (Wildman–Crippen LogP) is 2.18. The zero-order chi connectivity index (χ0) is 36.1. The molecule has 282 valence electrons. The van der Waals surface area contributed by atoms with Gasteiger partial charge in [0.2, 0.25) is 40.7 Å². The minimum Gasteiger partial charge on any atom is -0.481 e. The lowest BCUT2D eigenvalue weighted by atomic mass is 10.2. The van der Waals surface area contributed by atoms with Gasteiger partial charge in [0.1, 0.15) is 0 Å². The van der Waals surface area contributed by atoms with E-state index in [1.54, 1.807) is 0 Å². The second kappa shape index (κ2) is 28.8. The number of aliphatic carboxylic acids is 1. The van der Waals surface area contributed by atoms with E-state index in [9.17, 15) is 36.3 Å². The standard InChI is InChI=1S/C30H44F5NO13/c31-25-26(32)28(34)30(29(35)27(25)33)49-24(40)4-6-41-8-10-43-12-14-45-16-18-47-20-21-48-19-17-46-15-13-44-11-9-42-7-5-36-22(37)2-1-3-23(38)39/h1-21H2,(H,36,37)(H,38,39). The quantitative estimate of drug-likeness (QED) is 0.0278. The van der Waals surface area contributed by atoms with Crippen LogP contribution >= 0.6 is 0 Å². The molecule has 0 atom stereocenters. The van der Waals surface area contributed by atoms with Gasteiger partial charge in [-0.25, -0.2) is 13.2 Å². The number of carboxylic acids is 1. The number of rotatable bonds is 32. The summed E-state index contributed by atoms with van der Waals surface area (Å²) in [6, 6.07) is 0. The molecule has 0 radical (unpaired) electrons. The number of halogens is 5. The van der Waals surface area contributed by atoms with E-state index in [0.717, 1.165) is 0 Å². The van der Waals surface area contributed by atoms with Crippen molar-refractivity contribution in [3.8, 4) is 5.75 Å². The van der Waals surface area contributed by atoms with Gasteiger partial charge in [0, 0.05) is 19.4 Å². The van der Waals surface area contributed by atoms with Crippen LogP contribution < -0.4 is 10.1 Å². The van der Waals surface area contributed by atoms with Crippen molar-refractivity contribution >= 4 is 17.8 Å². The Balaban J connectivity index is 1.77. The summed E-state index contributed by atoms with van der Waals surface area (Å²) < 4.78 is 113. The first-order valence-corrected chi connectivity index (χ1v) is 15.5. The number of esters is 1. The molecule has 0 aliphatic carbocycles. The third-order valence-electron chi connectivity index (χ3n) is 5.80. The van der Waals surface area contributed by atoms with Gasteiger partial charge in [0.25, 0.3) is 0 Å². The second-order valence-electron chi connectivity index (χ2n) is 9.62. The number of nitrogens with one attached hydrogen (secondary N) is 1. The van der Waals surface area contributed by atoms with Gasteiger partial charge < -0.3 is 53.1 Å². The molecule has 0 aliphatic rings. The van der Waals surface area contributed by atoms with Crippen LogP contribution in [0.5, 0.6) is 5.75 Å². The highest BCUT2D eigenvalue weighted by atomic mass is 19.2. The Bertz CT molecular complexity index is 1060. The van der Waals surface area contributed by atoms with Gasteiger partial charge in [-0.15, -0.1) is 0 Å². The van der Waals surface area contributed by atoms with Gasteiger partial charge in [-0.2, -0.15) is 8.78 Å². The van der Waals surface area contributed by atoms with E-state index in [-0.39, 0.29) is 45.2 Å². The van der Waals surface area contributed by atoms with E-state index in [2.05, 4.69) is 10.1 Å². The van der Waals surface area contributed by atoms with Crippen LogP contribution in [0.25, 0.3) is 0 Å². The van der Waals surface area contributed by atoms with Gasteiger partial charge in [0.15, 0.2) is 0 Å². The minimum absolute atomic E-state index is 0.0341. The molecule has 49 heavy (non-hydrogen) atoms. The number of hydrogen-bond donors (Lipinski definition) is 2. The molecule has 1 amide bonds. The first-order chi connectivity index (χ1) is 23.6. The van der Waals surface area contributed by atoms with Crippen LogP contribution in [0.2, 0.25) is 0 Å². The predicted molar refractivity (Wildman–Crippen MR) is 158 cm³/mol. The smallest absolute Gasteiger partial charge is 0.313 e. The van der Waals surface area contributed by atoms with Crippen LogP contribution in [0, 0.1) is 29.1 Å². The lowest BCUT2D eigenvalue weighted by molar-refractivity contribution is -0.137. The molecule has 1 aromatic carbocycles. The van der Waals surface area contributed by atoms with Crippen molar-refractivity contribution in [3.63, 3.8) is 0 Å². The maximum atomic E-state index is 13.5. The fourth-order valence-electron chi connectivity index (χ4n) is 3.39. The highest BCUT2D eigenvalue weighted by Gasteiger charge is 2.28. The molecular formula is C30H44F5NO13. The number of ether oxygens (including phenoxy) is 9. The fourth-order valence-corrected chi connectivity index (χ4v) is 3.39. The highest BCUT2D eigenvalue weighted by Crippen LogP contribution is 2.29. The summed E-state index contributed by atoms with van der Waals surface area (Å²) in [4.78, 5) is 33.5. The molecule has 0 aliphatic heterocycles. The number of carbonyl (C=O) groups excluding carboxylic acids is 2. The van der Waals surface area contributed by atoms with E-state index in [4.69, 9.17) is 43.0 Å². The van der Waals surface area contributed by atoms with Gasteiger partial charge in [-0.05, 0) is 6.42 Å². The summed E-state index contributed by atoms with van der Waals surface area (Å²) >= 11 is 0. The SMILES string of the molecule is O=C(O)CCCC(=O)NCCOCCOCCOCCOCCOCCOCCOCCOCCC(=O)Oc1c(F)c(F)c(F)c(F)c1F. The van der Waals surface area contributed by atoms with Crippen LogP contribution in [0.3, 0.4) is 0 Å². The van der Waals surface area contributed by atoms with Crippen molar-refractivity contribution in [2.75, 3.05) is 112 Å². The largest absolute Gasteiger partial charge is 0.481 e. The molecular weight excluding hydrogens is 677 g/mol. The first-order valence-electron chi connectivity index (χ1n) is 15.5. The highest BCUT2D eigenvalue weighted by molar-refractivity contribution is 5.76. The molecule has 0 fully saturated rings. The van der Waals surface area contributed by atoms with Crippen molar-refractivity contribution in [1.29, 1.82) is 0 Å². The van der Waals surface area contributed by atoms with E-state index in [0.29, 0.717) is 92.2 Å². The molecule has 2 N–H and O–H groups in total.